The molecule has 0 spiro atoms. The Bertz CT molecular complexity index is 481. The Hall–Kier alpha value is -0.910. The third-order valence-electron chi connectivity index (χ3n) is 3.20. The lowest BCUT2D eigenvalue weighted by Crippen LogP contribution is -2.08. The Morgan fingerprint density at radius 3 is 2.56 bits per heavy atom. The van der Waals surface area contributed by atoms with Gasteiger partial charge < -0.3 is 4.74 Å². The van der Waals surface area contributed by atoms with Crippen LogP contribution in [-0.2, 0) is 5.41 Å². The number of methoxy groups -OCH3 is 1. The first-order valence-electron chi connectivity index (χ1n) is 5.00. The van der Waals surface area contributed by atoms with Crippen LogP contribution in [0.15, 0.2) is 12.1 Å². The zero-order valence-corrected chi connectivity index (χ0v) is 10.6. The molecule has 0 amide bonds. The lowest BCUT2D eigenvalue weighted by Gasteiger charge is -2.15. The molecule has 2 atom stereocenters. The fraction of sp³-hybridized carbons (Fsp3) is 0.417. The van der Waals surface area contributed by atoms with Crippen molar-refractivity contribution in [2.24, 2.45) is 5.92 Å². The molecule has 1 aliphatic carbocycles. The van der Waals surface area contributed by atoms with Crippen molar-refractivity contribution in [3.63, 3.8) is 0 Å². The van der Waals surface area contributed by atoms with Crippen molar-refractivity contribution < 1.29 is 4.74 Å². The van der Waals surface area contributed by atoms with E-state index in [2.05, 4.69) is 6.07 Å². The SMILES string of the molecule is COc1c(Cl)cc(Cl)cc1C1(C#N)CC1C. The number of nitrogens with zero attached hydrogens (tertiary/aromatic N) is 1. The Labute approximate surface area is 105 Å². The molecule has 16 heavy (non-hydrogen) atoms. The van der Waals surface area contributed by atoms with Gasteiger partial charge in [0.15, 0.2) is 0 Å². The molecule has 2 nitrogen and oxygen atoms in total. The summed E-state index contributed by atoms with van der Waals surface area (Å²) < 4.78 is 5.27. The maximum atomic E-state index is 9.29. The summed E-state index contributed by atoms with van der Waals surface area (Å²) >= 11 is 12.0. The van der Waals surface area contributed by atoms with Crippen LogP contribution in [0.2, 0.25) is 10.0 Å². The molecular formula is C12H11Cl2NO. The van der Waals surface area contributed by atoms with Gasteiger partial charge in [0.25, 0.3) is 0 Å². The molecule has 1 aromatic carbocycles. The predicted molar refractivity (Wildman–Crippen MR) is 64.1 cm³/mol. The van der Waals surface area contributed by atoms with Gasteiger partial charge in [-0.1, -0.05) is 30.1 Å². The molecule has 0 radical (unpaired) electrons. The molecule has 0 saturated heterocycles. The first-order valence-corrected chi connectivity index (χ1v) is 5.75. The molecule has 0 N–H and O–H groups in total. The third kappa shape index (κ3) is 1.55. The van der Waals surface area contributed by atoms with Crippen LogP contribution in [0.25, 0.3) is 0 Å². The van der Waals surface area contributed by atoms with Gasteiger partial charge in [0.1, 0.15) is 5.75 Å². The van der Waals surface area contributed by atoms with Gasteiger partial charge in [-0.3, -0.25) is 0 Å². The van der Waals surface area contributed by atoms with Crippen molar-refractivity contribution in [1.82, 2.24) is 0 Å². The second-order valence-corrected chi connectivity index (χ2v) is 5.00. The van der Waals surface area contributed by atoms with Gasteiger partial charge in [-0.15, -0.1) is 0 Å². The summed E-state index contributed by atoms with van der Waals surface area (Å²) in [6.45, 7) is 2.04. The normalized spacial score (nSPS) is 27.3. The predicted octanol–water partition coefficient (Wildman–Crippen LogP) is 3.80. The van der Waals surface area contributed by atoms with Gasteiger partial charge in [0.05, 0.1) is 23.6 Å². The van der Waals surface area contributed by atoms with Crippen LogP contribution in [0, 0.1) is 17.2 Å². The number of hydrogen-bond donors (Lipinski definition) is 0. The summed E-state index contributed by atoms with van der Waals surface area (Å²) in [4.78, 5) is 0. The fourth-order valence-electron chi connectivity index (χ4n) is 2.11. The summed E-state index contributed by atoms with van der Waals surface area (Å²) in [6.07, 6.45) is 0.830. The molecule has 4 heteroatoms. The monoisotopic (exact) mass is 255 g/mol. The van der Waals surface area contributed by atoms with E-state index in [1.807, 2.05) is 6.92 Å². The standard InChI is InChI=1S/C12H11Cl2NO/c1-7-5-12(7,6-15)9-3-8(13)4-10(14)11(9)16-2/h3-4,7H,5H2,1-2H3. The summed E-state index contributed by atoms with van der Waals surface area (Å²) in [7, 11) is 1.55. The van der Waals surface area contributed by atoms with E-state index in [1.165, 1.54) is 0 Å². The zero-order chi connectivity index (χ0) is 11.9. The molecule has 0 heterocycles. The van der Waals surface area contributed by atoms with Crippen LogP contribution in [0.4, 0.5) is 0 Å². The van der Waals surface area contributed by atoms with Crippen molar-refractivity contribution >= 4 is 23.2 Å². The van der Waals surface area contributed by atoms with E-state index >= 15 is 0 Å². The lowest BCUT2D eigenvalue weighted by atomic mass is 9.94. The van der Waals surface area contributed by atoms with E-state index in [4.69, 9.17) is 27.9 Å². The number of ether oxygens (including phenoxy) is 1. The highest BCUT2D eigenvalue weighted by molar-refractivity contribution is 6.35. The smallest absolute Gasteiger partial charge is 0.142 e. The molecule has 1 aliphatic rings. The zero-order valence-electron chi connectivity index (χ0n) is 9.05. The Balaban J connectivity index is 2.61. The minimum absolute atomic E-state index is 0.320. The Morgan fingerprint density at radius 2 is 2.12 bits per heavy atom. The molecule has 1 saturated carbocycles. The highest BCUT2D eigenvalue weighted by Crippen LogP contribution is 2.57. The summed E-state index contributed by atoms with van der Waals surface area (Å²) in [5, 5.41) is 10.3. The molecule has 2 unspecified atom stereocenters. The average molecular weight is 256 g/mol. The minimum atomic E-state index is -0.472. The van der Waals surface area contributed by atoms with E-state index in [1.54, 1.807) is 19.2 Å². The van der Waals surface area contributed by atoms with Gasteiger partial charge in [-0.2, -0.15) is 5.26 Å². The van der Waals surface area contributed by atoms with Crippen molar-refractivity contribution in [2.75, 3.05) is 7.11 Å². The van der Waals surface area contributed by atoms with Crippen molar-refractivity contribution in [2.45, 2.75) is 18.8 Å². The Morgan fingerprint density at radius 1 is 1.50 bits per heavy atom. The quantitative estimate of drug-likeness (QED) is 0.806. The molecule has 0 aliphatic heterocycles. The number of rotatable bonds is 2. The van der Waals surface area contributed by atoms with Crippen LogP contribution in [0.3, 0.4) is 0 Å². The topological polar surface area (TPSA) is 33.0 Å². The minimum Gasteiger partial charge on any atom is -0.495 e. The van der Waals surface area contributed by atoms with Gasteiger partial charge >= 0.3 is 0 Å². The molecule has 0 bridgehead atoms. The Kier molecular flexibility index (Phi) is 2.77. The third-order valence-corrected chi connectivity index (χ3v) is 3.70. The van der Waals surface area contributed by atoms with E-state index in [0.29, 0.717) is 21.7 Å². The van der Waals surface area contributed by atoms with Crippen molar-refractivity contribution in [3.8, 4) is 11.8 Å². The first-order chi connectivity index (χ1) is 7.55. The van der Waals surface area contributed by atoms with E-state index < -0.39 is 5.41 Å². The lowest BCUT2D eigenvalue weighted by molar-refractivity contribution is 0.407. The number of benzene rings is 1. The largest absolute Gasteiger partial charge is 0.495 e. The number of nitriles is 1. The van der Waals surface area contributed by atoms with Crippen molar-refractivity contribution in [3.05, 3.63) is 27.7 Å². The molecule has 1 fully saturated rings. The second-order valence-electron chi connectivity index (χ2n) is 4.16. The summed E-state index contributed by atoms with van der Waals surface area (Å²) in [5.41, 5.74) is 0.336. The second kappa shape index (κ2) is 3.84. The molecule has 1 aromatic rings. The summed E-state index contributed by atoms with van der Waals surface area (Å²) in [5.74, 6) is 0.887. The molecular weight excluding hydrogens is 245 g/mol. The van der Waals surface area contributed by atoms with Crippen LogP contribution < -0.4 is 4.74 Å². The van der Waals surface area contributed by atoms with Crippen LogP contribution in [0.1, 0.15) is 18.9 Å². The van der Waals surface area contributed by atoms with Gasteiger partial charge in [0, 0.05) is 10.6 Å². The van der Waals surface area contributed by atoms with Gasteiger partial charge in [-0.05, 0) is 24.5 Å². The molecule has 2 rings (SSSR count). The molecule has 84 valence electrons. The number of hydrogen-bond acceptors (Lipinski definition) is 2. The number of halogens is 2. The highest BCUT2D eigenvalue weighted by atomic mass is 35.5. The van der Waals surface area contributed by atoms with Gasteiger partial charge in [0.2, 0.25) is 0 Å². The van der Waals surface area contributed by atoms with Gasteiger partial charge in [-0.25, -0.2) is 0 Å². The highest BCUT2D eigenvalue weighted by Gasteiger charge is 2.55. The van der Waals surface area contributed by atoms with Crippen LogP contribution in [0.5, 0.6) is 5.75 Å². The van der Waals surface area contributed by atoms with Crippen LogP contribution in [-0.4, -0.2) is 7.11 Å². The maximum absolute atomic E-state index is 9.29. The van der Waals surface area contributed by atoms with Crippen LogP contribution >= 0.6 is 23.2 Å². The van der Waals surface area contributed by atoms with E-state index in [0.717, 1.165) is 12.0 Å². The summed E-state index contributed by atoms with van der Waals surface area (Å²) in [6, 6.07) is 5.76. The maximum Gasteiger partial charge on any atom is 0.142 e. The van der Waals surface area contributed by atoms with E-state index in [9.17, 15) is 5.26 Å². The average Bonchev–Trinajstić information content (AvgIpc) is 2.89. The van der Waals surface area contributed by atoms with Crippen molar-refractivity contribution in [1.29, 1.82) is 5.26 Å². The fourth-order valence-corrected chi connectivity index (χ4v) is 2.69. The first kappa shape index (κ1) is 11.6. The van der Waals surface area contributed by atoms with E-state index in [-0.39, 0.29) is 0 Å². The molecule has 0 aromatic heterocycles.